The van der Waals surface area contributed by atoms with Crippen LogP contribution in [-0.4, -0.2) is 68.6 Å². The number of nitrogens with zero attached hydrogens (tertiary/aromatic N) is 3. The molecule has 0 atom stereocenters. The number of methoxy groups -OCH3 is 1. The smallest absolute Gasteiger partial charge is 0.409 e. The number of rotatable bonds is 7. The van der Waals surface area contributed by atoms with Crippen molar-refractivity contribution in [1.29, 1.82) is 0 Å². The van der Waals surface area contributed by atoms with E-state index in [-0.39, 0.29) is 22.4 Å². The molecule has 12 heteroatoms. The van der Waals surface area contributed by atoms with Crippen LogP contribution in [0.3, 0.4) is 0 Å². The van der Waals surface area contributed by atoms with Crippen LogP contribution >= 0.6 is 0 Å². The quantitative estimate of drug-likeness (QED) is 0.420. The van der Waals surface area contributed by atoms with Crippen molar-refractivity contribution in [3.63, 3.8) is 0 Å². The third-order valence-corrected chi connectivity index (χ3v) is 7.45. The maximum atomic E-state index is 13.2. The van der Waals surface area contributed by atoms with E-state index in [9.17, 15) is 18.0 Å². The summed E-state index contributed by atoms with van der Waals surface area (Å²) in [6, 6.07) is 14.3. The molecule has 0 aliphatic carbocycles. The first-order chi connectivity index (χ1) is 18.6. The molecular formula is C27H31N5O6S. The van der Waals surface area contributed by atoms with E-state index in [1.807, 2.05) is 13.8 Å². The van der Waals surface area contributed by atoms with E-state index < -0.39 is 16.1 Å². The average Bonchev–Trinajstić information content (AvgIpc) is 2.92. The van der Waals surface area contributed by atoms with Gasteiger partial charge in [-0.3, -0.25) is 9.88 Å². The predicted octanol–water partition coefficient (Wildman–Crippen LogP) is 3.99. The minimum absolute atomic E-state index is 0.00396. The van der Waals surface area contributed by atoms with E-state index in [0.29, 0.717) is 44.0 Å². The number of amides is 3. The summed E-state index contributed by atoms with van der Waals surface area (Å²) in [7, 11) is -2.86. The van der Waals surface area contributed by atoms with E-state index in [4.69, 9.17) is 8.92 Å². The summed E-state index contributed by atoms with van der Waals surface area (Å²) >= 11 is 0. The van der Waals surface area contributed by atoms with E-state index in [2.05, 4.69) is 20.5 Å². The molecular weight excluding hydrogens is 522 g/mol. The largest absolute Gasteiger partial charge is 0.453 e. The number of ether oxygens (including phenoxy) is 1. The molecule has 1 aromatic heterocycles. The van der Waals surface area contributed by atoms with E-state index in [0.717, 1.165) is 11.3 Å². The first-order valence-corrected chi connectivity index (χ1v) is 13.7. The highest BCUT2D eigenvalue weighted by molar-refractivity contribution is 7.87. The molecule has 39 heavy (non-hydrogen) atoms. The lowest BCUT2D eigenvalue weighted by atomic mass is 10.1. The average molecular weight is 554 g/mol. The zero-order chi connectivity index (χ0) is 28.0. The van der Waals surface area contributed by atoms with Crippen molar-refractivity contribution < 1.29 is 26.9 Å². The number of anilines is 2. The Labute approximate surface area is 227 Å². The summed E-state index contributed by atoms with van der Waals surface area (Å²) < 4.78 is 37.0. The van der Waals surface area contributed by atoms with E-state index >= 15 is 0 Å². The summed E-state index contributed by atoms with van der Waals surface area (Å²) in [5.41, 5.74) is 2.94. The lowest BCUT2D eigenvalue weighted by Crippen LogP contribution is -2.48. The first kappa shape index (κ1) is 27.9. The van der Waals surface area contributed by atoms with Crippen LogP contribution in [0.4, 0.5) is 21.0 Å². The van der Waals surface area contributed by atoms with Crippen LogP contribution in [0, 0.1) is 13.8 Å². The van der Waals surface area contributed by atoms with Crippen LogP contribution in [0.15, 0.2) is 65.7 Å². The normalized spacial score (nSPS) is 14.0. The summed E-state index contributed by atoms with van der Waals surface area (Å²) in [5, 5.41) is 5.40. The molecule has 1 aliphatic rings. The van der Waals surface area contributed by atoms with Crippen molar-refractivity contribution in [2.75, 3.05) is 43.9 Å². The van der Waals surface area contributed by atoms with Crippen LogP contribution in [0.5, 0.6) is 5.75 Å². The summed E-state index contributed by atoms with van der Waals surface area (Å²) in [5.74, 6) is 0.0191. The molecule has 0 unspecified atom stereocenters. The molecule has 206 valence electrons. The van der Waals surface area contributed by atoms with Gasteiger partial charge in [0.2, 0.25) is 0 Å². The Morgan fingerprint density at radius 1 is 0.949 bits per heavy atom. The highest BCUT2D eigenvalue weighted by atomic mass is 32.2. The molecule has 1 fully saturated rings. The Kier molecular flexibility index (Phi) is 8.67. The Bertz CT molecular complexity index is 1420. The lowest BCUT2D eigenvalue weighted by molar-refractivity contribution is 0.0887. The minimum atomic E-state index is -4.21. The van der Waals surface area contributed by atoms with Crippen LogP contribution in [-0.2, 0) is 21.4 Å². The Hall–Kier alpha value is -4.16. The molecule has 4 rings (SSSR count). The van der Waals surface area contributed by atoms with Crippen molar-refractivity contribution in [3.05, 3.63) is 77.6 Å². The molecule has 1 saturated heterocycles. The van der Waals surface area contributed by atoms with Crippen molar-refractivity contribution >= 4 is 33.6 Å². The Morgan fingerprint density at radius 2 is 1.67 bits per heavy atom. The van der Waals surface area contributed by atoms with E-state index in [1.54, 1.807) is 47.4 Å². The van der Waals surface area contributed by atoms with Gasteiger partial charge in [-0.2, -0.15) is 8.42 Å². The van der Waals surface area contributed by atoms with Gasteiger partial charge in [-0.05, 0) is 44.2 Å². The highest BCUT2D eigenvalue weighted by Crippen LogP contribution is 2.33. The zero-order valence-corrected chi connectivity index (χ0v) is 22.8. The first-order valence-electron chi connectivity index (χ1n) is 12.3. The van der Waals surface area contributed by atoms with Gasteiger partial charge in [0, 0.05) is 44.0 Å². The summed E-state index contributed by atoms with van der Waals surface area (Å²) in [6.07, 6.45) is 1.14. The third-order valence-electron chi connectivity index (χ3n) is 6.22. The fourth-order valence-corrected chi connectivity index (χ4v) is 5.04. The number of urea groups is 1. The minimum Gasteiger partial charge on any atom is -0.453 e. The van der Waals surface area contributed by atoms with Crippen molar-refractivity contribution in [2.24, 2.45) is 0 Å². The lowest BCUT2D eigenvalue weighted by Gasteiger charge is -2.34. The number of nitrogens with one attached hydrogen (secondary N) is 2. The molecule has 0 bridgehead atoms. The third kappa shape index (κ3) is 7.24. The van der Waals surface area contributed by atoms with Gasteiger partial charge in [0.15, 0.2) is 5.75 Å². The number of hydrogen-bond donors (Lipinski definition) is 2. The second-order valence-electron chi connectivity index (χ2n) is 9.14. The standard InChI is InChI=1S/C27H31N5O6S/c1-19-7-11-23(12-8-19)39(35,36)38-25-21(18-31-13-15-32(16-14-31)27(34)37-3)5-4-6-24(25)30-26(33)29-22-10-9-20(2)28-17-22/h4-12,17H,13-16,18H2,1-3H3,(H2,29,30,33). The molecule has 1 aliphatic heterocycles. The van der Waals surface area contributed by atoms with Gasteiger partial charge in [0.1, 0.15) is 4.90 Å². The van der Waals surface area contributed by atoms with Gasteiger partial charge < -0.3 is 24.5 Å². The number of carbonyl (C=O) groups excluding carboxylic acids is 2. The number of carbonyl (C=O) groups is 2. The van der Waals surface area contributed by atoms with Crippen LogP contribution < -0.4 is 14.8 Å². The zero-order valence-electron chi connectivity index (χ0n) is 22.0. The molecule has 11 nitrogen and oxygen atoms in total. The second kappa shape index (κ2) is 12.1. The number of aromatic nitrogens is 1. The Morgan fingerprint density at radius 3 is 2.31 bits per heavy atom. The molecule has 2 aromatic carbocycles. The molecule has 0 saturated carbocycles. The molecule has 3 aromatic rings. The maximum Gasteiger partial charge on any atom is 0.409 e. The maximum absolute atomic E-state index is 13.2. The molecule has 2 N–H and O–H groups in total. The van der Waals surface area contributed by atoms with Crippen molar-refractivity contribution in [1.82, 2.24) is 14.8 Å². The second-order valence-corrected chi connectivity index (χ2v) is 10.7. The van der Waals surface area contributed by atoms with Gasteiger partial charge in [-0.1, -0.05) is 29.8 Å². The highest BCUT2D eigenvalue weighted by Gasteiger charge is 2.26. The van der Waals surface area contributed by atoms with Crippen LogP contribution in [0.1, 0.15) is 16.8 Å². The molecule has 0 spiro atoms. The predicted molar refractivity (Wildman–Crippen MR) is 146 cm³/mol. The number of piperazine rings is 1. The van der Waals surface area contributed by atoms with Crippen molar-refractivity contribution in [3.8, 4) is 5.75 Å². The number of hydrogen-bond acceptors (Lipinski definition) is 8. The summed E-state index contributed by atoms with van der Waals surface area (Å²) in [4.78, 5) is 32.5. The van der Waals surface area contributed by atoms with Gasteiger partial charge in [-0.25, -0.2) is 9.59 Å². The number of benzene rings is 2. The number of para-hydroxylation sites is 1. The van der Waals surface area contributed by atoms with E-state index in [1.165, 1.54) is 25.4 Å². The number of pyridine rings is 1. The fourth-order valence-electron chi connectivity index (χ4n) is 4.05. The van der Waals surface area contributed by atoms with Gasteiger partial charge >= 0.3 is 22.2 Å². The van der Waals surface area contributed by atoms with Gasteiger partial charge in [0.25, 0.3) is 0 Å². The fraction of sp³-hybridized carbons (Fsp3) is 0.296. The molecule has 2 heterocycles. The van der Waals surface area contributed by atoms with Gasteiger partial charge in [-0.15, -0.1) is 0 Å². The van der Waals surface area contributed by atoms with Crippen LogP contribution in [0.25, 0.3) is 0 Å². The topological polar surface area (TPSA) is 130 Å². The SMILES string of the molecule is COC(=O)N1CCN(Cc2cccc(NC(=O)Nc3ccc(C)nc3)c2OS(=O)(=O)c2ccc(C)cc2)CC1. The Balaban J connectivity index is 1.59. The molecule has 3 amide bonds. The molecule has 0 radical (unpaired) electrons. The van der Waals surface area contributed by atoms with Crippen LogP contribution in [0.2, 0.25) is 0 Å². The number of aryl methyl sites for hydroxylation is 2. The summed E-state index contributed by atoms with van der Waals surface area (Å²) in [6.45, 7) is 6.08. The van der Waals surface area contributed by atoms with Crippen molar-refractivity contribution in [2.45, 2.75) is 25.3 Å². The van der Waals surface area contributed by atoms with Gasteiger partial charge in [0.05, 0.1) is 24.7 Å². The monoisotopic (exact) mass is 553 g/mol.